The van der Waals surface area contributed by atoms with E-state index in [-0.39, 0.29) is 11.8 Å². The summed E-state index contributed by atoms with van der Waals surface area (Å²) in [4.78, 5) is 11.0. The molecule has 0 saturated heterocycles. The zero-order valence-electron chi connectivity index (χ0n) is 8.43. The van der Waals surface area contributed by atoms with Crippen molar-refractivity contribution in [3.8, 4) is 0 Å². The van der Waals surface area contributed by atoms with E-state index in [0.29, 0.717) is 0 Å². The molecule has 0 aliphatic rings. The van der Waals surface area contributed by atoms with E-state index in [1.165, 1.54) is 13.8 Å². The summed E-state index contributed by atoms with van der Waals surface area (Å²) in [7, 11) is 0. The fraction of sp³-hybridized carbons (Fsp3) is 0.667. The number of carbonyl (C=O) groups is 1. The van der Waals surface area contributed by atoms with Crippen LogP contribution in [0.2, 0.25) is 0 Å². The molecule has 0 heterocycles. The third-order valence-electron chi connectivity index (χ3n) is 1.31. The maximum atomic E-state index is 13.1. The van der Waals surface area contributed by atoms with Gasteiger partial charge in [-0.1, -0.05) is 0 Å². The fourth-order valence-electron chi connectivity index (χ4n) is 0.565. The lowest BCUT2D eigenvalue weighted by Crippen LogP contribution is -2.24. The molecular weight excluding hydrogens is 173 g/mol. The van der Waals surface area contributed by atoms with Gasteiger partial charge < -0.3 is 10.5 Å². The van der Waals surface area contributed by atoms with Gasteiger partial charge >= 0.3 is 5.97 Å². The summed E-state index contributed by atoms with van der Waals surface area (Å²) in [5, 5.41) is 0. The van der Waals surface area contributed by atoms with Crippen molar-refractivity contribution in [2.75, 3.05) is 0 Å². The van der Waals surface area contributed by atoms with Gasteiger partial charge in [-0.15, -0.1) is 0 Å². The average Bonchev–Trinajstić information content (AvgIpc) is 1.82. The first-order chi connectivity index (χ1) is 5.73. The summed E-state index contributed by atoms with van der Waals surface area (Å²) < 4.78 is 17.8. The first kappa shape index (κ1) is 11.9. The van der Waals surface area contributed by atoms with Gasteiger partial charge in [-0.3, -0.25) is 0 Å². The monoisotopic (exact) mass is 189 g/mol. The van der Waals surface area contributed by atoms with Crippen LogP contribution in [0.15, 0.2) is 11.8 Å². The van der Waals surface area contributed by atoms with Crippen molar-refractivity contribution in [1.29, 1.82) is 0 Å². The molecule has 0 amide bonds. The Balaban J connectivity index is 4.32. The number of rotatable bonds is 3. The third kappa shape index (κ3) is 5.22. The second kappa shape index (κ2) is 4.25. The quantitative estimate of drug-likeness (QED) is 0.541. The van der Waals surface area contributed by atoms with Gasteiger partial charge in [0.05, 0.1) is 11.8 Å². The Labute approximate surface area is 77.7 Å². The highest BCUT2D eigenvalue weighted by Gasteiger charge is 2.20. The van der Waals surface area contributed by atoms with Crippen LogP contribution in [-0.2, 0) is 9.53 Å². The average molecular weight is 189 g/mol. The lowest BCUT2D eigenvalue weighted by atomic mass is 10.1. The van der Waals surface area contributed by atoms with E-state index in [9.17, 15) is 9.18 Å². The van der Waals surface area contributed by atoms with Crippen molar-refractivity contribution < 1.29 is 13.9 Å². The highest BCUT2D eigenvalue weighted by atomic mass is 19.1. The van der Waals surface area contributed by atoms with Crippen LogP contribution in [0.1, 0.15) is 27.7 Å². The Hall–Kier alpha value is -1.06. The summed E-state index contributed by atoms with van der Waals surface area (Å²) in [5.41, 5.74) is 3.50. The number of alkyl halides is 1. The molecule has 3 nitrogen and oxygen atoms in total. The Kier molecular flexibility index (Phi) is 3.91. The Morgan fingerprint density at radius 1 is 1.54 bits per heavy atom. The molecule has 4 heteroatoms. The summed E-state index contributed by atoms with van der Waals surface area (Å²) >= 11 is 0. The van der Waals surface area contributed by atoms with E-state index in [1.54, 1.807) is 13.8 Å². The van der Waals surface area contributed by atoms with Gasteiger partial charge in [0.1, 0.15) is 5.67 Å². The van der Waals surface area contributed by atoms with Crippen LogP contribution in [0.4, 0.5) is 4.39 Å². The van der Waals surface area contributed by atoms with Crippen LogP contribution >= 0.6 is 0 Å². The normalized spacial score (nSPS) is 13.2. The van der Waals surface area contributed by atoms with Crippen molar-refractivity contribution in [3.05, 3.63) is 11.8 Å². The lowest BCUT2D eigenvalue weighted by Gasteiger charge is -2.14. The summed E-state index contributed by atoms with van der Waals surface area (Å²) in [6, 6.07) is 0. The molecule has 0 unspecified atom stereocenters. The number of halogens is 1. The molecule has 0 aromatic heterocycles. The first-order valence-electron chi connectivity index (χ1n) is 4.10. The molecule has 0 aliphatic heterocycles. The van der Waals surface area contributed by atoms with Gasteiger partial charge in [-0.2, -0.15) is 0 Å². The zero-order valence-corrected chi connectivity index (χ0v) is 8.43. The molecule has 0 aromatic rings. The third-order valence-corrected chi connectivity index (χ3v) is 1.31. The van der Waals surface area contributed by atoms with Gasteiger partial charge in [0.2, 0.25) is 0 Å². The predicted molar refractivity (Wildman–Crippen MR) is 48.7 cm³/mol. The maximum absolute atomic E-state index is 13.1. The van der Waals surface area contributed by atoms with E-state index in [1.807, 2.05) is 0 Å². The Morgan fingerprint density at radius 2 is 2.00 bits per heavy atom. The van der Waals surface area contributed by atoms with E-state index < -0.39 is 11.6 Å². The molecule has 2 N–H and O–H groups in total. The summed E-state index contributed by atoms with van der Waals surface area (Å²) in [6.07, 6.45) is 0.749. The van der Waals surface area contributed by atoms with Crippen molar-refractivity contribution in [2.45, 2.75) is 39.5 Å². The standard InChI is InChI=1S/C9H16FNO2/c1-6(2)13-8(12)5-7(11)9(3,4)10/h5-6H,11H2,1-4H3. The zero-order chi connectivity index (χ0) is 10.6. The molecule has 0 atom stereocenters. The highest BCUT2D eigenvalue weighted by Crippen LogP contribution is 2.15. The van der Waals surface area contributed by atoms with Crippen LogP contribution in [0.3, 0.4) is 0 Å². The van der Waals surface area contributed by atoms with Gasteiger partial charge in [0, 0.05) is 6.08 Å². The Bertz CT molecular complexity index is 216. The number of carbonyl (C=O) groups excluding carboxylic acids is 1. The van der Waals surface area contributed by atoms with Crippen molar-refractivity contribution in [3.63, 3.8) is 0 Å². The lowest BCUT2D eigenvalue weighted by molar-refractivity contribution is -0.141. The van der Waals surface area contributed by atoms with E-state index in [4.69, 9.17) is 10.5 Å². The minimum absolute atomic E-state index is 0.127. The topological polar surface area (TPSA) is 52.3 Å². The Morgan fingerprint density at radius 3 is 2.31 bits per heavy atom. The second-order valence-electron chi connectivity index (χ2n) is 3.56. The molecule has 0 saturated carbocycles. The van der Waals surface area contributed by atoms with Crippen molar-refractivity contribution >= 4 is 5.97 Å². The SMILES string of the molecule is CC(C)OC(=O)C=C(N)C(C)(C)F. The number of allylic oxidation sites excluding steroid dienone is 1. The van der Waals surface area contributed by atoms with Crippen LogP contribution < -0.4 is 5.73 Å². The minimum atomic E-state index is -1.68. The largest absolute Gasteiger partial charge is 0.460 e. The number of ether oxygens (including phenoxy) is 1. The molecule has 0 radical (unpaired) electrons. The number of hydrogen-bond donors (Lipinski definition) is 1. The molecule has 0 aliphatic carbocycles. The molecule has 13 heavy (non-hydrogen) atoms. The maximum Gasteiger partial charge on any atom is 0.332 e. The smallest absolute Gasteiger partial charge is 0.332 e. The first-order valence-corrected chi connectivity index (χ1v) is 4.10. The van der Waals surface area contributed by atoms with Crippen LogP contribution in [0.25, 0.3) is 0 Å². The number of nitrogens with two attached hydrogens (primary N) is 1. The second-order valence-corrected chi connectivity index (χ2v) is 3.56. The van der Waals surface area contributed by atoms with Crippen LogP contribution in [0, 0.1) is 0 Å². The molecule has 0 aromatic carbocycles. The molecule has 0 fully saturated rings. The summed E-state index contributed by atoms with van der Waals surface area (Å²) in [5.74, 6) is -0.613. The molecule has 0 spiro atoms. The van der Waals surface area contributed by atoms with E-state index in [2.05, 4.69) is 0 Å². The number of hydrogen-bond acceptors (Lipinski definition) is 3. The highest BCUT2D eigenvalue weighted by molar-refractivity contribution is 5.83. The number of esters is 1. The summed E-state index contributed by atoms with van der Waals surface area (Å²) in [6.45, 7) is 5.98. The van der Waals surface area contributed by atoms with Crippen LogP contribution in [-0.4, -0.2) is 17.7 Å². The van der Waals surface area contributed by atoms with Crippen molar-refractivity contribution in [1.82, 2.24) is 0 Å². The van der Waals surface area contributed by atoms with Gasteiger partial charge in [0.25, 0.3) is 0 Å². The molecular formula is C9H16FNO2. The van der Waals surface area contributed by atoms with Gasteiger partial charge in [-0.05, 0) is 27.7 Å². The van der Waals surface area contributed by atoms with Crippen LogP contribution in [0.5, 0.6) is 0 Å². The van der Waals surface area contributed by atoms with Gasteiger partial charge in [-0.25, -0.2) is 9.18 Å². The van der Waals surface area contributed by atoms with E-state index >= 15 is 0 Å². The molecule has 0 bridgehead atoms. The molecule has 76 valence electrons. The van der Waals surface area contributed by atoms with E-state index in [0.717, 1.165) is 6.08 Å². The molecule has 0 rings (SSSR count). The van der Waals surface area contributed by atoms with Crippen molar-refractivity contribution in [2.24, 2.45) is 5.73 Å². The predicted octanol–water partition coefficient (Wildman–Crippen LogP) is 1.53. The van der Waals surface area contributed by atoms with Gasteiger partial charge in [0.15, 0.2) is 0 Å². The fourth-order valence-corrected chi connectivity index (χ4v) is 0.565. The minimum Gasteiger partial charge on any atom is -0.460 e.